The number of allylic oxidation sites excluding steroid dienone is 1. The molecule has 0 spiro atoms. The molecule has 32 heavy (non-hydrogen) atoms. The molecule has 0 saturated carbocycles. The standard InChI is InChI=1S/C20H24N5O6P/c1-2-6-16(26)12-31-32(28,30-11-15-7-4-3-5-8-15)14-29-10-9-25-13-22-17-18(25)23-20(21)24-19(17)27/h2-5,7-8,13H,1,6,9-12,14H2,(H3,21,23,24,27). The Labute approximate surface area is 183 Å². The van der Waals surface area contributed by atoms with Gasteiger partial charge in [-0.25, -0.2) is 4.98 Å². The van der Waals surface area contributed by atoms with Gasteiger partial charge in [0, 0.05) is 13.0 Å². The van der Waals surface area contributed by atoms with Gasteiger partial charge >= 0.3 is 7.60 Å². The Morgan fingerprint density at radius 3 is 2.81 bits per heavy atom. The quantitative estimate of drug-likeness (QED) is 0.222. The molecule has 2 aromatic heterocycles. The number of aromatic nitrogens is 4. The molecule has 11 nitrogen and oxygen atoms in total. The molecule has 3 aromatic rings. The first-order chi connectivity index (χ1) is 15.4. The second-order valence-corrected chi connectivity index (χ2v) is 8.77. The first-order valence-corrected chi connectivity index (χ1v) is 11.5. The van der Waals surface area contributed by atoms with E-state index in [2.05, 4.69) is 21.5 Å². The van der Waals surface area contributed by atoms with Crippen LogP contribution in [0.4, 0.5) is 5.95 Å². The van der Waals surface area contributed by atoms with E-state index in [0.717, 1.165) is 5.56 Å². The Hall–Kier alpha value is -3.11. The van der Waals surface area contributed by atoms with Crippen LogP contribution in [-0.2, 0) is 36.3 Å². The van der Waals surface area contributed by atoms with Crippen LogP contribution >= 0.6 is 7.60 Å². The van der Waals surface area contributed by atoms with E-state index >= 15 is 0 Å². The van der Waals surface area contributed by atoms with Crippen LogP contribution in [0.25, 0.3) is 11.2 Å². The summed E-state index contributed by atoms with van der Waals surface area (Å²) in [4.78, 5) is 34.1. The largest absolute Gasteiger partial charge is 0.369 e. The van der Waals surface area contributed by atoms with E-state index in [-0.39, 0.29) is 56.4 Å². The zero-order valence-corrected chi connectivity index (χ0v) is 18.2. The highest BCUT2D eigenvalue weighted by Gasteiger charge is 2.26. The van der Waals surface area contributed by atoms with Crippen molar-refractivity contribution in [3.05, 3.63) is 65.2 Å². The summed E-state index contributed by atoms with van der Waals surface area (Å²) in [5, 5.41) is 0. The lowest BCUT2D eigenvalue weighted by molar-refractivity contribution is -0.120. The van der Waals surface area contributed by atoms with Gasteiger partial charge < -0.3 is 19.6 Å². The van der Waals surface area contributed by atoms with Gasteiger partial charge in [0.25, 0.3) is 5.56 Å². The lowest BCUT2D eigenvalue weighted by atomic mass is 10.2. The van der Waals surface area contributed by atoms with E-state index < -0.39 is 13.2 Å². The molecule has 1 unspecified atom stereocenters. The molecule has 0 radical (unpaired) electrons. The molecular formula is C20H24N5O6P. The number of nitrogens with zero attached hydrogens (tertiary/aromatic N) is 3. The van der Waals surface area contributed by atoms with Gasteiger partial charge in [-0.15, -0.1) is 6.58 Å². The molecule has 0 saturated heterocycles. The number of H-pyrrole nitrogens is 1. The van der Waals surface area contributed by atoms with Crippen molar-refractivity contribution in [1.29, 1.82) is 0 Å². The van der Waals surface area contributed by atoms with Gasteiger partial charge in [0.2, 0.25) is 5.95 Å². The number of benzene rings is 1. The maximum atomic E-state index is 13.1. The van der Waals surface area contributed by atoms with E-state index in [1.807, 2.05) is 30.3 Å². The minimum atomic E-state index is -3.73. The highest BCUT2D eigenvalue weighted by Crippen LogP contribution is 2.48. The number of aromatic amines is 1. The second-order valence-electron chi connectivity index (χ2n) is 6.77. The molecular weight excluding hydrogens is 437 g/mol. The summed E-state index contributed by atoms with van der Waals surface area (Å²) in [6.45, 7) is 3.52. The maximum Gasteiger partial charge on any atom is 0.356 e. The van der Waals surface area contributed by atoms with Crippen molar-refractivity contribution in [2.24, 2.45) is 0 Å². The van der Waals surface area contributed by atoms with Crippen LogP contribution in [-0.4, -0.2) is 44.9 Å². The monoisotopic (exact) mass is 461 g/mol. The second kappa shape index (κ2) is 11.0. The summed E-state index contributed by atoms with van der Waals surface area (Å²) in [6, 6.07) is 9.15. The Morgan fingerprint density at radius 2 is 2.06 bits per heavy atom. The molecule has 3 rings (SSSR count). The van der Waals surface area contributed by atoms with E-state index in [1.54, 1.807) is 4.57 Å². The predicted molar refractivity (Wildman–Crippen MR) is 118 cm³/mol. The molecule has 0 amide bonds. The van der Waals surface area contributed by atoms with Crippen molar-refractivity contribution >= 4 is 30.5 Å². The van der Waals surface area contributed by atoms with Crippen LogP contribution in [0.3, 0.4) is 0 Å². The van der Waals surface area contributed by atoms with Gasteiger partial charge in [0.15, 0.2) is 16.9 Å². The van der Waals surface area contributed by atoms with Gasteiger partial charge in [-0.3, -0.25) is 23.7 Å². The average molecular weight is 461 g/mol. The van der Waals surface area contributed by atoms with Gasteiger partial charge in [-0.1, -0.05) is 36.4 Å². The molecule has 12 heteroatoms. The number of carbonyl (C=O) groups excluding carboxylic acids is 1. The number of Topliss-reactive ketones (excluding diaryl/α,β-unsaturated/α-hetero) is 1. The van der Waals surface area contributed by atoms with E-state index in [9.17, 15) is 14.2 Å². The van der Waals surface area contributed by atoms with Crippen LogP contribution in [0.15, 0.2) is 54.1 Å². The van der Waals surface area contributed by atoms with Crippen molar-refractivity contribution in [1.82, 2.24) is 19.5 Å². The van der Waals surface area contributed by atoms with Crippen molar-refractivity contribution in [3.63, 3.8) is 0 Å². The molecule has 1 atom stereocenters. The molecule has 0 fully saturated rings. The highest BCUT2D eigenvalue weighted by molar-refractivity contribution is 7.53. The van der Waals surface area contributed by atoms with Crippen molar-refractivity contribution in [3.8, 4) is 0 Å². The fourth-order valence-electron chi connectivity index (χ4n) is 2.72. The number of nitrogens with two attached hydrogens (primary N) is 1. The zero-order chi connectivity index (χ0) is 23.0. The molecule has 0 aliphatic heterocycles. The number of ether oxygens (including phenoxy) is 1. The Bertz CT molecular complexity index is 1180. The number of rotatable bonds is 13. The summed E-state index contributed by atoms with van der Waals surface area (Å²) in [6.07, 6.45) is 2.62. The maximum absolute atomic E-state index is 13.1. The number of carbonyl (C=O) groups is 1. The van der Waals surface area contributed by atoms with Gasteiger partial charge in [-0.2, -0.15) is 4.98 Å². The summed E-state index contributed by atoms with van der Waals surface area (Å²) in [5.74, 6) is -0.302. The molecule has 170 valence electrons. The third-order valence-electron chi connectivity index (χ3n) is 4.28. The van der Waals surface area contributed by atoms with Crippen LogP contribution < -0.4 is 11.3 Å². The number of anilines is 1. The summed E-state index contributed by atoms with van der Waals surface area (Å²) >= 11 is 0. The van der Waals surface area contributed by atoms with Crippen molar-refractivity contribution in [2.45, 2.75) is 19.6 Å². The molecule has 0 aliphatic rings. The summed E-state index contributed by atoms with van der Waals surface area (Å²) < 4.78 is 31.1. The normalized spacial score (nSPS) is 13.1. The van der Waals surface area contributed by atoms with E-state index in [1.165, 1.54) is 12.4 Å². The molecule has 0 bridgehead atoms. The topological polar surface area (TPSA) is 151 Å². The zero-order valence-electron chi connectivity index (χ0n) is 17.3. The van der Waals surface area contributed by atoms with E-state index in [4.69, 9.17) is 19.5 Å². The average Bonchev–Trinajstić information content (AvgIpc) is 3.18. The minimum Gasteiger partial charge on any atom is -0.369 e. The highest BCUT2D eigenvalue weighted by atomic mass is 31.2. The fraction of sp³-hybridized carbons (Fsp3) is 0.300. The molecule has 0 aliphatic carbocycles. The first kappa shape index (κ1) is 23.6. The number of fused-ring (bicyclic) bond motifs is 1. The number of nitrogen functional groups attached to an aromatic ring is 1. The van der Waals surface area contributed by atoms with Gasteiger partial charge in [0.1, 0.15) is 13.0 Å². The molecule has 1 aromatic carbocycles. The summed E-state index contributed by atoms with van der Waals surface area (Å²) in [7, 11) is -3.73. The third kappa shape index (κ3) is 6.44. The first-order valence-electron chi connectivity index (χ1n) is 9.73. The van der Waals surface area contributed by atoms with Crippen LogP contribution in [0.2, 0.25) is 0 Å². The SMILES string of the molecule is C=CCC(=O)COP(=O)(COCCn1cnc2c(=O)[nH]c(N)nc21)OCc1ccccc1. The fourth-order valence-corrected chi connectivity index (χ4v) is 3.99. The Morgan fingerprint density at radius 1 is 1.28 bits per heavy atom. The summed E-state index contributed by atoms with van der Waals surface area (Å²) in [5.41, 5.74) is 6.40. The number of hydrogen-bond donors (Lipinski definition) is 2. The number of nitrogens with one attached hydrogen (secondary N) is 1. The lowest BCUT2D eigenvalue weighted by Gasteiger charge is -2.18. The number of hydrogen-bond acceptors (Lipinski definition) is 9. The molecule has 2 heterocycles. The Balaban J connectivity index is 1.60. The molecule has 3 N–H and O–H groups in total. The predicted octanol–water partition coefficient (Wildman–Crippen LogP) is 2.25. The van der Waals surface area contributed by atoms with Crippen molar-refractivity contribution < 1.29 is 23.1 Å². The van der Waals surface area contributed by atoms with Crippen LogP contribution in [0, 0.1) is 0 Å². The van der Waals surface area contributed by atoms with Gasteiger partial charge in [0.05, 0.1) is 19.5 Å². The lowest BCUT2D eigenvalue weighted by Crippen LogP contribution is -2.14. The van der Waals surface area contributed by atoms with Crippen LogP contribution in [0.5, 0.6) is 0 Å². The van der Waals surface area contributed by atoms with Gasteiger partial charge in [-0.05, 0) is 5.56 Å². The number of ketones is 1. The van der Waals surface area contributed by atoms with Crippen LogP contribution in [0.1, 0.15) is 12.0 Å². The smallest absolute Gasteiger partial charge is 0.356 e. The van der Waals surface area contributed by atoms with E-state index in [0.29, 0.717) is 5.65 Å². The number of imidazole rings is 1. The van der Waals surface area contributed by atoms with Crippen molar-refractivity contribution in [2.75, 3.05) is 25.3 Å². The Kier molecular flexibility index (Phi) is 8.07. The minimum absolute atomic E-state index is 0.0263. The third-order valence-corrected chi connectivity index (χ3v) is 5.83.